The van der Waals surface area contributed by atoms with Crippen molar-refractivity contribution < 1.29 is 0 Å². The summed E-state index contributed by atoms with van der Waals surface area (Å²) >= 11 is 11.7. The number of hydrogen-bond acceptors (Lipinski definition) is 1. The van der Waals surface area contributed by atoms with Crippen LogP contribution in [0.15, 0.2) is 18.2 Å². The van der Waals surface area contributed by atoms with Crippen molar-refractivity contribution in [2.24, 2.45) is 0 Å². The van der Waals surface area contributed by atoms with Gasteiger partial charge in [0.2, 0.25) is 0 Å². The highest BCUT2D eigenvalue weighted by Crippen LogP contribution is 2.29. The highest BCUT2D eigenvalue weighted by molar-refractivity contribution is 6.37. The Labute approximate surface area is 84.7 Å². The molecule has 2 nitrogen and oxygen atoms in total. The third kappa shape index (κ3) is 1.17. The van der Waals surface area contributed by atoms with Crippen LogP contribution in [0.25, 0.3) is 10.9 Å². The van der Waals surface area contributed by atoms with E-state index in [1.165, 1.54) is 0 Å². The molecule has 0 radical (unpaired) electrons. The van der Waals surface area contributed by atoms with Crippen molar-refractivity contribution in [2.75, 3.05) is 0 Å². The normalized spacial score (nSPS) is 10.2. The molecule has 13 heavy (non-hydrogen) atoms. The topological polar surface area (TPSA) is 39.6 Å². The van der Waals surface area contributed by atoms with E-state index < -0.39 is 0 Å². The number of rotatable bonds is 0. The third-order valence-corrected chi connectivity index (χ3v) is 2.45. The van der Waals surface area contributed by atoms with E-state index in [1.54, 1.807) is 12.1 Å². The molecule has 2 aromatic rings. The van der Waals surface area contributed by atoms with Gasteiger partial charge in [0.25, 0.3) is 0 Å². The van der Waals surface area contributed by atoms with E-state index in [4.69, 9.17) is 28.5 Å². The number of fused-ring (bicyclic) bond motifs is 1. The highest BCUT2D eigenvalue weighted by Gasteiger charge is 2.10. The Kier molecular flexibility index (Phi) is 1.91. The van der Waals surface area contributed by atoms with Crippen molar-refractivity contribution >= 4 is 34.1 Å². The highest BCUT2D eigenvalue weighted by atomic mass is 35.5. The molecule has 1 heterocycles. The molecule has 2 rings (SSSR count). The van der Waals surface area contributed by atoms with E-state index in [0.717, 1.165) is 5.39 Å². The van der Waals surface area contributed by atoms with Gasteiger partial charge in [-0.2, -0.15) is 5.26 Å². The van der Waals surface area contributed by atoms with E-state index in [9.17, 15) is 0 Å². The average molecular weight is 211 g/mol. The van der Waals surface area contributed by atoms with Gasteiger partial charge >= 0.3 is 0 Å². The number of nitrogens with one attached hydrogen (secondary N) is 1. The zero-order valence-electron chi connectivity index (χ0n) is 6.44. The second kappa shape index (κ2) is 2.95. The summed E-state index contributed by atoms with van der Waals surface area (Å²) in [6.07, 6.45) is 0. The number of para-hydroxylation sites is 1. The van der Waals surface area contributed by atoms with Crippen LogP contribution in [-0.2, 0) is 0 Å². The summed E-state index contributed by atoms with van der Waals surface area (Å²) in [5.74, 6) is 0. The lowest BCUT2D eigenvalue weighted by Crippen LogP contribution is -1.70. The van der Waals surface area contributed by atoms with Gasteiger partial charge in [0.1, 0.15) is 11.2 Å². The molecule has 1 aromatic carbocycles. The lowest BCUT2D eigenvalue weighted by atomic mass is 10.2. The van der Waals surface area contributed by atoms with Gasteiger partial charge in [0.15, 0.2) is 0 Å². The largest absolute Gasteiger partial charge is 0.343 e. The molecule has 0 atom stereocenters. The summed E-state index contributed by atoms with van der Waals surface area (Å²) < 4.78 is 0. The average Bonchev–Trinajstić information content (AvgIpc) is 2.43. The van der Waals surface area contributed by atoms with Crippen molar-refractivity contribution in [1.82, 2.24) is 4.98 Å². The summed E-state index contributed by atoms with van der Waals surface area (Å²) in [4.78, 5) is 2.86. The van der Waals surface area contributed by atoms with Gasteiger partial charge in [-0.25, -0.2) is 0 Å². The fourth-order valence-corrected chi connectivity index (χ4v) is 1.72. The standard InChI is InChI=1S/C9H4Cl2N2/c10-7-3-1-2-5-6(4-12)9(11)13-8(5)7/h1-3,13H. The Morgan fingerprint density at radius 2 is 2.08 bits per heavy atom. The molecule has 0 amide bonds. The molecule has 0 saturated carbocycles. The van der Waals surface area contributed by atoms with Crippen LogP contribution in [0.3, 0.4) is 0 Å². The minimum atomic E-state index is 0.339. The summed E-state index contributed by atoms with van der Waals surface area (Å²) in [7, 11) is 0. The molecule has 0 spiro atoms. The first kappa shape index (κ1) is 8.43. The minimum absolute atomic E-state index is 0.339. The van der Waals surface area contributed by atoms with Crippen LogP contribution in [0.1, 0.15) is 5.56 Å². The maximum Gasteiger partial charge on any atom is 0.125 e. The molecule has 0 aliphatic rings. The second-order valence-electron chi connectivity index (χ2n) is 2.59. The van der Waals surface area contributed by atoms with Crippen LogP contribution >= 0.6 is 23.2 Å². The third-order valence-electron chi connectivity index (χ3n) is 1.85. The van der Waals surface area contributed by atoms with Crippen LogP contribution in [0.4, 0.5) is 0 Å². The molecule has 0 aliphatic heterocycles. The fourth-order valence-electron chi connectivity index (χ4n) is 1.26. The van der Waals surface area contributed by atoms with Gasteiger partial charge in [-0.3, -0.25) is 0 Å². The van der Waals surface area contributed by atoms with E-state index >= 15 is 0 Å². The van der Waals surface area contributed by atoms with Crippen molar-refractivity contribution in [2.45, 2.75) is 0 Å². The van der Waals surface area contributed by atoms with Crippen molar-refractivity contribution in [3.63, 3.8) is 0 Å². The quantitative estimate of drug-likeness (QED) is 0.712. The Hall–Kier alpha value is -1.17. The molecule has 0 aliphatic carbocycles. The van der Waals surface area contributed by atoms with Crippen LogP contribution in [-0.4, -0.2) is 4.98 Å². The van der Waals surface area contributed by atoms with E-state index in [1.807, 2.05) is 12.1 Å². The fraction of sp³-hybridized carbons (Fsp3) is 0. The first-order valence-corrected chi connectivity index (χ1v) is 4.35. The SMILES string of the molecule is N#Cc1c(Cl)[nH]c2c(Cl)cccc12. The Morgan fingerprint density at radius 3 is 2.77 bits per heavy atom. The Balaban J connectivity index is 2.96. The number of halogens is 2. The van der Waals surface area contributed by atoms with Gasteiger partial charge in [-0.1, -0.05) is 35.3 Å². The number of aromatic nitrogens is 1. The Bertz CT molecular complexity index is 508. The van der Waals surface area contributed by atoms with Gasteiger partial charge in [-0.05, 0) is 6.07 Å². The van der Waals surface area contributed by atoms with Crippen LogP contribution in [0.5, 0.6) is 0 Å². The summed E-state index contributed by atoms with van der Waals surface area (Å²) in [6, 6.07) is 7.37. The number of H-pyrrole nitrogens is 1. The molecule has 4 heteroatoms. The second-order valence-corrected chi connectivity index (χ2v) is 3.37. The van der Waals surface area contributed by atoms with E-state index in [0.29, 0.717) is 21.3 Å². The number of hydrogen-bond donors (Lipinski definition) is 1. The molecule has 0 bridgehead atoms. The van der Waals surface area contributed by atoms with Gasteiger partial charge in [0, 0.05) is 5.39 Å². The lowest BCUT2D eigenvalue weighted by Gasteiger charge is -1.91. The predicted molar refractivity (Wildman–Crippen MR) is 53.0 cm³/mol. The molecular formula is C9H4Cl2N2. The van der Waals surface area contributed by atoms with E-state index in [-0.39, 0.29) is 0 Å². The maximum absolute atomic E-state index is 8.80. The zero-order valence-corrected chi connectivity index (χ0v) is 7.95. The molecule has 0 unspecified atom stereocenters. The minimum Gasteiger partial charge on any atom is -0.343 e. The van der Waals surface area contributed by atoms with Gasteiger partial charge in [0.05, 0.1) is 16.1 Å². The van der Waals surface area contributed by atoms with Crippen molar-refractivity contribution in [3.05, 3.63) is 33.9 Å². The number of aromatic amines is 1. The summed E-state index contributed by atoms with van der Waals surface area (Å²) in [5.41, 5.74) is 1.16. The zero-order chi connectivity index (χ0) is 9.42. The number of benzene rings is 1. The summed E-state index contributed by atoms with van der Waals surface area (Å²) in [6.45, 7) is 0. The maximum atomic E-state index is 8.80. The number of nitriles is 1. The van der Waals surface area contributed by atoms with Gasteiger partial charge in [-0.15, -0.1) is 0 Å². The van der Waals surface area contributed by atoms with E-state index in [2.05, 4.69) is 4.98 Å². The molecular weight excluding hydrogens is 207 g/mol. The lowest BCUT2D eigenvalue weighted by molar-refractivity contribution is 1.44. The van der Waals surface area contributed by atoms with Crippen molar-refractivity contribution in [1.29, 1.82) is 5.26 Å². The first-order valence-electron chi connectivity index (χ1n) is 3.60. The number of nitrogens with zero attached hydrogens (tertiary/aromatic N) is 1. The van der Waals surface area contributed by atoms with Crippen molar-refractivity contribution in [3.8, 4) is 6.07 Å². The van der Waals surface area contributed by atoms with Crippen LogP contribution in [0.2, 0.25) is 10.2 Å². The molecule has 0 fully saturated rings. The smallest absolute Gasteiger partial charge is 0.125 e. The molecule has 0 saturated heterocycles. The van der Waals surface area contributed by atoms with Crippen LogP contribution in [0, 0.1) is 11.3 Å². The molecule has 1 aromatic heterocycles. The predicted octanol–water partition coefficient (Wildman–Crippen LogP) is 3.35. The van der Waals surface area contributed by atoms with Crippen LogP contribution < -0.4 is 0 Å². The monoisotopic (exact) mass is 210 g/mol. The molecule has 64 valence electrons. The van der Waals surface area contributed by atoms with Gasteiger partial charge < -0.3 is 4.98 Å². The summed E-state index contributed by atoms with van der Waals surface area (Å²) in [5, 5.41) is 10.5. The molecule has 1 N–H and O–H groups in total. The first-order chi connectivity index (χ1) is 6.24. The Morgan fingerprint density at radius 1 is 1.31 bits per heavy atom.